The van der Waals surface area contributed by atoms with Crippen LogP contribution in [0.5, 0.6) is 0 Å². The van der Waals surface area contributed by atoms with Crippen molar-refractivity contribution in [2.45, 2.75) is 32.3 Å². The lowest BCUT2D eigenvalue weighted by Gasteiger charge is -2.25. The van der Waals surface area contributed by atoms with Gasteiger partial charge in [-0.05, 0) is 12.8 Å². The van der Waals surface area contributed by atoms with E-state index < -0.39 is 0 Å². The lowest BCUT2D eigenvalue weighted by Crippen LogP contribution is -2.30. The van der Waals surface area contributed by atoms with Gasteiger partial charge in [-0.2, -0.15) is 0 Å². The topological polar surface area (TPSA) is 46.5 Å². The van der Waals surface area contributed by atoms with Crippen LogP contribution in [0.1, 0.15) is 26.2 Å². The van der Waals surface area contributed by atoms with E-state index in [0.717, 1.165) is 12.8 Å². The van der Waals surface area contributed by atoms with Gasteiger partial charge in [0.05, 0.1) is 5.92 Å². The molecule has 0 radical (unpaired) electrons. The lowest BCUT2D eigenvalue weighted by atomic mass is 9.98. The third kappa shape index (κ3) is 2.19. The number of hydrogen-bond donors (Lipinski definition) is 1. The van der Waals surface area contributed by atoms with Gasteiger partial charge in [0, 0.05) is 13.0 Å². The first-order valence-corrected chi connectivity index (χ1v) is 4.05. The number of carbonyl (C=O) groups excluding carboxylic acids is 1. The molecule has 0 aromatic carbocycles. The van der Waals surface area contributed by atoms with Crippen LogP contribution in [0.2, 0.25) is 0 Å². The predicted molar refractivity (Wildman–Crippen MR) is 40.0 cm³/mol. The monoisotopic (exact) mass is 158 g/mol. The maximum absolute atomic E-state index is 11.0. The highest BCUT2D eigenvalue weighted by Gasteiger charge is 2.25. The second-order valence-corrected chi connectivity index (χ2v) is 3.05. The number of aliphatic hydroxyl groups excluding tert-OH is 1. The van der Waals surface area contributed by atoms with Gasteiger partial charge in [-0.15, -0.1) is 0 Å². The number of ether oxygens (including phenoxy) is 1. The van der Waals surface area contributed by atoms with Gasteiger partial charge in [0.25, 0.3) is 0 Å². The molecule has 1 aliphatic rings. The standard InChI is InChI=1S/C8H14O3/c1-6-2-3-7(4-5-9)11-8(6)10/h6-7,9H,2-5H2,1H3. The second kappa shape index (κ2) is 3.72. The van der Waals surface area contributed by atoms with Crippen LogP contribution in [0.4, 0.5) is 0 Å². The van der Waals surface area contributed by atoms with Crippen molar-refractivity contribution in [3.8, 4) is 0 Å². The summed E-state index contributed by atoms with van der Waals surface area (Å²) in [7, 11) is 0. The van der Waals surface area contributed by atoms with E-state index in [-0.39, 0.29) is 24.6 Å². The molecule has 3 nitrogen and oxygen atoms in total. The van der Waals surface area contributed by atoms with Gasteiger partial charge in [-0.3, -0.25) is 4.79 Å². The van der Waals surface area contributed by atoms with Crippen LogP contribution in [-0.4, -0.2) is 23.8 Å². The van der Waals surface area contributed by atoms with Crippen LogP contribution in [0.25, 0.3) is 0 Å². The molecule has 1 saturated heterocycles. The molecule has 1 rings (SSSR count). The van der Waals surface area contributed by atoms with E-state index in [9.17, 15) is 4.79 Å². The molecule has 1 aliphatic heterocycles. The number of cyclic esters (lactones) is 1. The summed E-state index contributed by atoms with van der Waals surface area (Å²) >= 11 is 0. The van der Waals surface area contributed by atoms with E-state index in [2.05, 4.69) is 0 Å². The Morgan fingerprint density at radius 1 is 1.64 bits per heavy atom. The van der Waals surface area contributed by atoms with Crippen LogP contribution in [0, 0.1) is 5.92 Å². The molecule has 0 bridgehead atoms. The Bertz CT molecular complexity index is 144. The summed E-state index contributed by atoms with van der Waals surface area (Å²) in [6.45, 7) is 1.98. The molecule has 3 heteroatoms. The molecule has 0 spiro atoms. The zero-order valence-corrected chi connectivity index (χ0v) is 6.75. The molecule has 1 N–H and O–H groups in total. The Hall–Kier alpha value is -0.570. The smallest absolute Gasteiger partial charge is 0.308 e. The van der Waals surface area contributed by atoms with Gasteiger partial charge in [-0.1, -0.05) is 6.92 Å². The second-order valence-electron chi connectivity index (χ2n) is 3.05. The predicted octanol–water partition coefficient (Wildman–Crippen LogP) is 0.710. The molecule has 0 aromatic rings. The van der Waals surface area contributed by atoms with Gasteiger partial charge in [0.15, 0.2) is 0 Å². The zero-order valence-electron chi connectivity index (χ0n) is 6.75. The van der Waals surface area contributed by atoms with Gasteiger partial charge in [0.1, 0.15) is 6.10 Å². The van der Waals surface area contributed by atoms with Gasteiger partial charge in [0.2, 0.25) is 0 Å². The van der Waals surface area contributed by atoms with Gasteiger partial charge < -0.3 is 9.84 Å². The van der Waals surface area contributed by atoms with Crippen molar-refractivity contribution >= 4 is 5.97 Å². The molecule has 1 heterocycles. The third-order valence-corrected chi connectivity index (χ3v) is 2.06. The quantitative estimate of drug-likeness (QED) is 0.602. The fraction of sp³-hybridized carbons (Fsp3) is 0.875. The first-order valence-electron chi connectivity index (χ1n) is 4.05. The minimum absolute atomic E-state index is 0.0382. The Balaban J connectivity index is 2.34. The molecule has 64 valence electrons. The highest BCUT2D eigenvalue weighted by atomic mass is 16.5. The van der Waals surface area contributed by atoms with E-state index in [0.29, 0.717) is 6.42 Å². The molecule has 11 heavy (non-hydrogen) atoms. The van der Waals surface area contributed by atoms with Crippen molar-refractivity contribution < 1.29 is 14.6 Å². The fourth-order valence-corrected chi connectivity index (χ4v) is 1.24. The van der Waals surface area contributed by atoms with E-state index in [1.807, 2.05) is 6.92 Å². The van der Waals surface area contributed by atoms with E-state index in [4.69, 9.17) is 9.84 Å². The molecule has 2 atom stereocenters. The average Bonchev–Trinajstić information content (AvgIpc) is 1.98. The van der Waals surface area contributed by atoms with Gasteiger partial charge >= 0.3 is 5.97 Å². The fourth-order valence-electron chi connectivity index (χ4n) is 1.24. The highest BCUT2D eigenvalue weighted by molar-refractivity contribution is 5.72. The number of esters is 1. The number of aliphatic hydroxyl groups is 1. The number of rotatable bonds is 2. The first kappa shape index (κ1) is 8.53. The van der Waals surface area contributed by atoms with Crippen molar-refractivity contribution in [1.82, 2.24) is 0 Å². The maximum atomic E-state index is 11.0. The summed E-state index contributed by atoms with van der Waals surface area (Å²) in [5.74, 6) is -0.0698. The van der Waals surface area contributed by atoms with E-state index >= 15 is 0 Å². The third-order valence-electron chi connectivity index (χ3n) is 2.06. The van der Waals surface area contributed by atoms with Crippen LogP contribution < -0.4 is 0 Å². The number of hydrogen-bond acceptors (Lipinski definition) is 3. The minimum Gasteiger partial charge on any atom is -0.462 e. The molecule has 0 amide bonds. The Kier molecular flexibility index (Phi) is 2.88. The zero-order chi connectivity index (χ0) is 8.27. The largest absolute Gasteiger partial charge is 0.462 e. The van der Waals surface area contributed by atoms with Gasteiger partial charge in [-0.25, -0.2) is 0 Å². The summed E-state index contributed by atoms with van der Waals surface area (Å²) in [4.78, 5) is 11.0. The molecular weight excluding hydrogens is 144 g/mol. The van der Waals surface area contributed by atoms with Crippen molar-refractivity contribution in [1.29, 1.82) is 0 Å². The minimum atomic E-state index is -0.116. The van der Waals surface area contributed by atoms with Crippen molar-refractivity contribution in [2.24, 2.45) is 5.92 Å². The molecule has 0 saturated carbocycles. The average molecular weight is 158 g/mol. The Labute approximate surface area is 66.4 Å². The molecule has 1 fully saturated rings. The summed E-state index contributed by atoms with van der Waals surface area (Å²) in [5.41, 5.74) is 0. The Morgan fingerprint density at radius 2 is 2.36 bits per heavy atom. The molecule has 2 unspecified atom stereocenters. The van der Waals surface area contributed by atoms with Crippen molar-refractivity contribution in [3.63, 3.8) is 0 Å². The summed E-state index contributed by atoms with van der Waals surface area (Å²) in [6.07, 6.45) is 2.33. The van der Waals surface area contributed by atoms with Crippen LogP contribution in [0.15, 0.2) is 0 Å². The highest BCUT2D eigenvalue weighted by Crippen LogP contribution is 2.21. The van der Waals surface area contributed by atoms with Crippen LogP contribution in [-0.2, 0) is 9.53 Å². The van der Waals surface area contributed by atoms with Crippen molar-refractivity contribution in [3.05, 3.63) is 0 Å². The molecule has 0 aromatic heterocycles. The molecule has 0 aliphatic carbocycles. The summed E-state index contributed by atoms with van der Waals surface area (Å²) < 4.78 is 5.04. The van der Waals surface area contributed by atoms with E-state index in [1.165, 1.54) is 0 Å². The van der Waals surface area contributed by atoms with Crippen molar-refractivity contribution in [2.75, 3.05) is 6.61 Å². The normalized spacial score (nSPS) is 31.6. The lowest BCUT2D eigenvalue weighted by molar-refractivity contribution is -0.160. The van der Waals surface area contributed by atoms with E-state index in [1.54, 1.807) is 0 Å². The first-order chi connectivity index (χ1) is 5.24. The number of carbonyl (C=O) groups is 1. The summed E-state index contributed by atoms with van der Waals surface area (Å²) in [5, 5.41) is 8.58. The van der Waals surface area contributed by atoms with Crippen LogP contribution in [0.3, 0.4) is 0 Å². The molecular formula is C8H14O3. The van der Waals surface area contributed by atoms with Crippen LogP contribution >= 0.6 is 0 Å². The summed E-state index contributed by atoms with van der Waals surface area (Å²) in [6, 6.07) is 0. The maximum Gasteiger partial charge on any atom is 0.308 e. The Morgan fingerprint density at radius 3 is 2.91 bits per heavy atom. The SMILES string of the molecule is CC1CCC(CCO)OC1=O.